The van der Waals surface area contributed by atoms with Crippen LogP contribution in [0.2, 0.25) is 0 Å². The first-order chi connectivity index (χ1) is 19.9. The Morgan fingerprint density at radius 3 is 2.39 bits per heavy atom. The number of thioether (sulfide) groups is 1. The minimum atomic E-state index is -0.990. The van der Waals surface area contributed by atoms with Gasteiger partial charge in [0.25, 0.3) is 0 Å². The van der Waals surface area contributed by atoms with Crippen LogP contribution in [0.25, 0.3) is 0 Å². The molecule has 5 N–H and O–H groups in total. The van der Waals surface area contributed by atoms with Crippen molar-refractivity contribution in [2.24, 2.45) is 0 Å². The van der Waals surface area contributed by atoms with Gasteiger partial charge in [-0.2, -0.15) is 0 Å². The number of hydrogen-bond acceptors (Lipinski definition) is 8. The Morgan fingerprint density at radius 1 is 0.902 bits per heavy atom. The van der Waals surface area contributed by atoms with Gasteiger partial charge in [0.15, 0.2) is 6.29 Å². The number of amides is 2. The summed E-state index contributed by atoms with van der Waals surface area (Å²) in [5.74, 6) is -1.32. The van der Waals surface area contributed by atoms with Gasteiger partial charge in [0.05, 0.1) is 24.4 Å². The highest BCUT2D eigenvalue weighted by atomic mass is 32.2. The molecular formula is C30H32N2O8S. The summed E-state index contributed by atoms with van der Waals surface area (Å²) in [5.41, 5.74) is 4.73. The van der Waals surface area contributed by atoms with Crippen LogP contribution >= 0.6 is 11.8 Å². The van der Waals surface area contributed by atoms with Crippen LogP contribution in [0.15, 0.2) is 77.7 Å². The second-order valence-corrected chi connectivity index (χ2v) is 10.6. The SMILES string of the molecule is O=C(CCCC(=O)Nc1cccc([C@@H]2O[C@H](CSc3ccccc3C(=O)O)C[C@H](c3ccc(CO)cc3)O2)c1)NO. The maximum Gasteiger partial charge on any atom is 0.336 e. The van der Waals surface area contributed by atoms with Gasteiger partial charge in [0.1, 0.15) is 0 Å². The standard InChI is InChI=1S/C30H32N2O8S/c33-17-19-11-13-20(14-12-19)25-16-23(18-41-26-8-2-1-7-24(26)29(36)37)39-30(40-25)21-5-3-6-22(15-21)31-27(34)9-4-10-28(35)32-38/h1-3,5-8,11-15,23,25,30,33,38H,4,9-10,16-18H2,(H,31,34)(H,32,35)(H,36,37)/t23-,25+,30+/m0/s1. The van der Waals surface area contributed by atoms with E-state index in [-0.39, 0.29) is 49.5 Å². The minimum absolute atomic E-state index is 0.0325. The van der Waals surface area contributed by atoms with E-state index in [1.165, 1.54) is 11.8 Å². The molecule has 0 aromatic heterocycles. The van der Waals surface area contributed by atoms with E-state index in [0.29, 0.717) is 28.3 Å². The Morgan fingerprint density at radius 2 is 1.66 bits per heavy atom. The van der Waals surface area contributed by atoms with E-state index in [9.17, 15) is 24.6 Å². The number of aliphatic hydroxyl groups is 1. The van der Waals surface area contributed by atoms with Gasteiger partial charge in [0, 0.05) is 41.2 Å². The minimum Gasteiger partial charge on any atom is -0.478 e. The zero-order valence-electron chi connectivity index (χ0n) is 22.2. The molecule has 3 aromatic carbocycles. The van der Waals surface area contributed by atoms with Crippen molar-refractivity contribution in [3.63, 3.8) is 0 Å². The molecule has 3 atom stereocenters. The summed E-state index contributed by atoms with van der Waals surface area (Å²) in [7, 11) is 0. The summed E-state index contributed by atoms with van der Waals surface area (Å²) in [6, 6.07) is 21.5. The normalized spacial score (nSPS) is 18.4. The average molecular weight is 581 g/mol. The number of benzene rings is 3. The van der Waals surface area contributed by atoms with E-state index in [0.717, 1.165) is 11.1 Å². The molecule has 1 aliphatic heterocycles. The van der Waals surface area contributed by atoms with Crippen LogP contribution in [0.4, 0.5) is 5.69 Å². The van der Waals surface area contributed by atoms with Gasteiger partial charge in [-0.3, -0.25) is 14.8 Å². The predicted molar refractivity (Wildman–Crippen MR) is 151 cm³/mol. The predicted octanol–water partition coefficient (Wildman–Crippen LogP) is 4.83. The molecule has 0 bridgehead atoms. The molecule has 1 heterocycles. The van der Waals surface area contributed by atoms with Crippen LogP contribution in [0, 0.1) is 0 Å². The van der Waals surface area contributed by atoms with E-state index in [1.54, 1.807) is 47.9 Å². The maximum absolute atomic E-state index is 12.4. The first kappa shape index (κ1) is 30.2. The third-order valence-corrected chi connectivity index (χ3v) is 7.74. The molecule has 11 heteroatoms. The fourth-order valence-corrected chi connectivity index (χ4v) is 5.49. The summed E-state index contributed by atoms with van der Waals surface area (Å²) in [5, 5.41) is 30.4. The monoisotopic (exact) mass is 580 g/mol. The van der Waals surface area contributed by atoms with Crippen LogP contribution in [-0.4, -0.2) is 45.1 Å². The lowest BCUT2D eigenvalue weighted by Gasteiger charge is -2.36. The van der Waals surface area contributed by atoms with Crippen molar-refractivity contribution in [2.75, 3.05) is 11.1 Å². The molecular weight excluding hydrogens is 548 g/mol. The Hall–Kier alpha value is -3.74. The maximum atomic E-state index is 12.4. The van der Waals surface area contributed by atoms with Crippen molar-refractivity contribution < 1.29 is 39.3 Å². The molecule has 4 rings (SSSR count). The molecule has 2 amide bonds. The fourth-order valence-electron chi connectivity index (χ4n) is 4.43. The van der Waals surface area contributed by atoms with Crippen molar-refractivity contribution in [3.8, 4) is 0 Å². The molecule has 41 heavy (non-hydrogen) atoms. The summed E-state index contributed by atoms with van der Waals surface area (Å²) in [4.78, 5) is 35.9. The van der Waals surface area contributed by atoms with Crippen molar-refractivity contribution in [1.29, 1.82) is 0 Å². The van der Waals surface area contributed by atoms with Crippen LogP contribution < -0.4 is 10.8 Å². The number of carboxylic acid groups (broad SMARTS) is 1. The van der Waals surface area contributed by atoms with E-state index in [2.05, 4.69) is 5.32 Å². The number of carbonyl (C=O) groups is 3. The molecule has 10 nitrogen and oxygen atoms in total. The summed E-state index contributed by atoms with van der Waals surface area (Å²) >= 11 is 1.41. The largest absolute Gasteiger partial charge is 0.478 e. The van der Waals surface area contributed by atoms with Crippen molar-refractivity contribution in [3.05, 3.63) is 95.1 Å². The zero-order chi connectivity index (χ0) is 29.2. The van der Waals surface area contributed by atoms with Crippen LogP contribution in [-0.2, 0) is 25.7 Å². The molecule has 0 saturated carbocycles. The quantitative estimate of drug-likeness (QED) is 0.115. The number of carbonyl (C=O) groups excluding carboxylic acids is 2. The summed E-state index contributed by atoms with van der Waals surface area (Å²) < 4.78 is 12.7. The third kappa shape index (κ3) is 8.62. The topological polar surface area (TPSA) is 154 Å². The number of anilines is 1. The lowest BCUT2D eigenvalue weighted by Crippen LogP contribution is -2.31. The molecule has 3 aromatic rings. The molecule has 0 aliphatic carbocycles. The first-order valence-corrected chi connectivity index (χ1v) is 14.1. The van der Waals surface area contributed by atoms with Gasteiger partial charge >= 0.3 is 5.97 Å². The molecule has 1 aliphatic rings. The van der Waals surface area contributed by atoms with Gasteiger partial charge in [-0.25, -0.2) is 10.3 Å². The van der Waals surface area contributed by atoms with Crippen molar-refractivity contribution >= 4 is 35.2 Å². The Kier molecular flexibility index (Phi) is 10.9. The number of nitrogens with one attached hydrogen (secondary N) is 2. The molecule has 1 fully saturated rings. The smallest absolute Gasteiger partial charge is 0.336 e. The number of aromatic carboxylic acids is 1. The zero-order valence-corrected chi connectivity index (χ0v) is 23.0. The average Bonchev–Trinajstić information content (AvgIpc) is 3.00. The lowest BCUT2D eigenvalue weighted by atomic mass is 10.0. The number of hydrogen-bond donors (Lipinski definition) is 5. The van der Waals surface area contributed by atoms with Crippen molar-refractivity contribution in [2.45, 2.75) is 55.7 Å². The van der Waals surface area contributed by atoms with E-state index >= 15 is 0 Å². The summed E-state index contributed by atoms with van der Waals surface area (Å²) in [6.07, 6.45) is -0.390. The van der Waals surface area contributed by atoms with Crippen LogP contribution in [0.3, 0.4) is 0 Å². The Labute approximate surface area is 241 Å². The first-order valence-electron chi connectivity index (χ1n) is 13.1. The van der Waals surface area contributed by atoms with Gasteiger partial charge < -0.3 is 25.0 Å². The fraction of sp³-hybridized carbons (Fsp3) is 0.300. The highest BCUT2D eigenvalue weighted by Crippen LogP contribution is 2.40. The Balaban J connectivity index is 1.49. The second kappa shape index (κ2) is 14.8. The van der Waals surface area contributed by atoms with E-state index < -0.39 is 18.2 Å². The van der Waals surface area contributed by atoms with E-state index in [4.69, 9.17) is 14.7 Å². The molecule has 0 unspecified atom stereocenters. The third-order valence-electron chi connectivity index (χ3n) is 6.53. The van der Waals surface area contributed by atoms with Crippen molar-refractivity contribution in [1.82, 2.24) is 5.48 Å². The number of rotatable bonds is 12. The highest BCUT2D eigenvalue weighted by Gasteiger charge is 2.32. The number of ether oxygens (including phenoxy) is 2. The molecule has 1 saturated heterocycles. The molecule has 0 radical (unpaired) electrons. The summed E-state index contributed by atoms with van der Waals surface area (Å²) in [6.45, 7) is -0.0626. The van der Waals surface area contributed by atoms with Crippen LogP contribution in [0.5, 0.6) is 0 Å². The molecule has 216 valence electrons. The van der Waals surface area contributed by atoms with Gasteiger partial charge in [-0.15, -0.1) is 11.8 Å². The van der Waals surface area contributed by atoms with Gasteiger partial charge in [-0.1, -0.05) is 48.5 Å². The Bertz CT molecular complexity index is 1350. The van der Waals surface area contributed by atoms with Crippen LogP contribution in [0.1, 0.15) is 65.1 Å². The molecule has 0 spiro atoms. The highest BCUT2D eigenvalue weighted by molar-refractivity contribution is 7.99. The number of aliphatic hydroxyl groups excluding tert-OH is 1. The van der Waals surface area contributed by atoms with Gasteiger partial charge in [0.2, 0.25) is 11.8 Å². The number of hydroxylamine groups is 1. The number of carboxylic acids is 1. The second-order valence-electron chi connectivity index (χ2n) is 9.52. The van der Waals surface area contributed by atoms with Gasteiger partial charge in [-0.05, 0) is 41.8 Å². The van der Waals surface area contributed by atoms with E-state index in [1.807, 2.05) is 30.3 Å². The lowest BCUT2D eigenvalue weighted by molar-refractivity contribution is -0.245.